The third-order valence-corrected chi connectivity index (χ3v) is 13.9. The van der Waals surface area contributed by atoms with Crippen LogP contribution in [0, 0.1) is 22.7 Å². The van der Waals surface area contributed by atoms with Crippen LogP contribution in [-0.4, -0.2) is 142 Å². The average Bonchev–Trinajstić information content (AvgIpc) is 3.26. The predicted molar refractivity (Wildman–Crippen MR) is 245 cm³/mol. The maximum absolute atomic E-state index is 15.2. The van der Waals surface area contributed by atoms with Gasteiger partial charge in [0.15, 0.2) is 17.7 Å². The van der Waals surface area contributed by atoms with Crippen molar-refractivity contribution in [2.24, 2.45) is 22.7 Å². The maximum Gasteiger partial charge on any atom is 0.408 e. The smallest absolute Gasteiger partial charge is 0.408 e. The first-order chi connectivity index (χ1) is 32.2. The quantitative estimate of drug-likeness (QED) is 0.0405. The highest BCUT2D eigenvalue weighted by atomic mass is 16.6. The molecule has 19 nitrogen and oxygen atoms in total. The van der Waals surface area contributed by atoms with Crippen LogP contribution in [0.2, 0.25) is 0 Å². The van der Waals surface area contributed by atoms with E-state index in [4.69, 9.17) is 33.2 Å². The number of benzene rings is 1. The molecular formula is C50H70N2O17. The summed E-state index contributed by atoms with van der Waals surface area (Å²) in [6.45, 7) is 17.9. The van der Waals surface area contributed by atoms with Crippen molar-refractivity contribution in [2.45, 2.75) is 154 Å². The fourth-order valence-electron chi connectivity index (χ4n) is 10.3. The highest BCUT2D eigenvalue weighted by molar-refractivity contribution is 5.93. The molecule has 13 atom stereocenters. The van der Waals surface area contributed by atoms with Gasteiger partial charge in [-0.1, -0.05) is 82.8 Å². The minimum Gasteiger partial charge on any atom is -0.455 e. The molecule has 5 rings (SSSR count). The lowest BCUT2D eigenvalue weighted by Crippen LogP contribution is -2.82. The van der Waals surface area contributed by atoms with Gasteiger partial charge in [0.05, 0.1) is 24.2 Å². The number of rotatable bonds is 18. The van der Waals surface area contributed by atoms with Crippen molar-refractivity contribution in [3.05, 3.63) is 71.8 Å². The summed E-state index contributed by atoms with van der Waals surface area (Å²) < 4.78 is 41.4. The molecule has 2 bridgehead atoms. The van der Waals surface area contributed by atoms with Gasteiger partial charge in [0.1, 0.15) is 48.8 Å². The Hall–Kier alpha value is -5.02. The second kappa shape index (κ2) is 21.5. The molecule has 382 valence electrons. The number of ketones is 1. The number of aliphatic hydroxyl groups is 4. The predicted octanol–water partition coefficient (Wildman–Crippen LogP) is 3.21. The van der Waals surface area contributed by atoms with Gasteiger partial charge in [-0.2, -0.15) is 0 Å². The van der Waals surface area contributed by atoms with E-state index in [1.807, 2.05) is 6.92 Å². The number of allylic oxidation sites excluding steroid dienone is 2. The molecule has 2 saturated carbocycles. The normalized spacial score (nSPS) is 31.2. The van der Waals surface area contributed by atoms with Crippen molar-refractivity contribution in [1.82, 2.24) is 10.6 Å². The number of esters is 3. The van der Waals surface area contributed by atoms with Crippen molar-refractivity contribution < 1.29 is 82.4 Å². The van der Waals surface area contributed by atoms with Crippen LogP contribution in [0.3, 0.4) is 0 Å². The summed E-state index contributed by atoms with van der Waals surface area (Å²) in [6.07, 6.45) is -8.23. The molecule has 19 heteroatoms. The number of ether oxygens (including phenoxy) is 7. The minimum atomic E-state index is -2.39. The van der Waals surface area contributed by atoms with E-state index >= 15 is 4.79 Å². The Morgan fingerprint density at radius 3 is 2.30 bits per heavy atom. The van der Waals surface area contributed by atoms with Crippen molar-refractivity contribution in [1.29, 1.82) is 0 Å². The number of carbonyl (C=O) groups is 6. The SMILES string of the molecule is C=C/C=C\C(C)C(O)O[C@H]1[C@@H]2[C@]3(OC(C)=O)CO[C@@H]3C[C@H](O)[C@@]2(C)C(=O)[C@H](O)C2=C(C)[C@@H](OC(=O)[C@H](OC(=O)COCC(=O)NCCC)C(NC(=O)OC(C)(C)C)c3ccccc3)C[C@]1(O)C2(C)C. The van der Waals surface area contributed by atoms with Crippen molar-refractivity contribution in [2.75, 3.05) is 26.4 Å². The zero-order valence-corrected chi connectivity index (χ0v) is 41.1. The van der Waals surface area contributed by atoms with Gasteiger partial charge in [0.25, 0.3) is 0 Å². The standard InChI is InChI=1S/C50H70N2O17/c1-12-14-18-27(3)43(59)67-42-40-48(11,32(54)22-33-49(40,26-64-33)68-29(5)53)41(58)38(57)36-28(4)31(23-50(42,62)47(36,9)10)65-44(60)39(66-35(56)25-63-24-34(55)51-21-13-2)37(30-19-16-15-17-20-30)52-45(61)69-46(6,7)8/h12,14-20,27,31-33,37-40,42-43,54,57,59,62H,1,13,21-26H2,2-11H3,(H,51,55)(H,52,61)/b18-14-/t27?,31-,32-,33+,37?,38+,39+,40-,42-,43?,48+,49-,50+/m0/s1. The number of Topliss-reactive ketones (excluding diaryl/α,β-unsaturated/α-hetero) is 1. The molecule has 0 radical (unpaired) electrons. The molecule has 3 fully saturated rings. The molecule has 1 aliphatic heterocycles. The molecule has 3 unspecified atom stereocenters. The van der Waals surface area contributed by atoms with Crippen LogP contribution in [0.5, 0.6) is 0 Å². The topological polar surface area (TPSA) is 272 Å². The van der Waals surface area contributed by atoms with Crippen LogP contribution in [0.1, 0.15) is 100 Å². The van der Waals surface area contributed by atoms with Gasteiger partial charge in [0, 0.05) is 43.6 Å². The highest BCUT2D eigenvalue weighted by Gasteiger charge is 2.77. The Balaban J connectivity index is 1.67. The first-order valence-corrected chi connectivity index (χ1v) is 23.3. The number of nitrogens with one attached hydrogen (secondary N) is 2. The molecule has 2 amide bonds. The number of amides is 2. The summed E-state index contributed by atoms with van der Waals surface area (Å²) in [6, 6.07) is 6.49. The Morgan fingerprint density at radius 1 is 1.06 bits per heavy atom. The average molecular weight is 971 g/mol. The van der Waals surface area contributed by atoms with E-state index in [1.54, 1.807) is 84.0 Å². The summed E-state index contributed by atoms with van der Waals surface area (Å²) in [7, 11) is 0. The minimum absolute atomic E-state index is 0.100. The van der Waals surface area contributed by atoms with Crippen molar-refractivity contribution in [3.8, 4) is 0 Å². The van der Waals surface area contributed by atoms with Crippen LogP contribution in [-0.2, 0) is 57.1 Å². The van der Waals surface area contributed by atoms with Crippen molar-refractivity contribution >= 4 is 35.7 Å². The number of alkyl carbamates (subject to hydrolysis) is 1. The lowest BCUT2D eigenvalue weighted by Gasteiger charge is -2.68. The second-order valence-electron chi connectivity index (χ2n) is 20.1. The summed E-state index contributed by atoms with van der Waals surface area (Å²) in [5, 5.41) is 55.2. The van der Waals surface area contributed by atoms with Crippen LogP contribution in [0.15, 0.2) is 66.3 Å². The third kappa shape index (κ3) is 11.1. The number of hydrogen-bond donors (Lipinski definition) is 6. The van der Waals surface area contributed by atoms with Gasteiger partial charge in [-0.05, 0) is 57.7 Å². The molecule has 1 saturated heterocycles. The van der Waals surface area contributed by atoms with E-state index < -0.39 is 144 Å². The Bertz CT molecular complexity index is 2150. The van der Waals surface area contributed by atoms with E-state index in [0.29, 0.717) is 13.0 Å². The van der Waals surface area contributed by atoms with E-state index in [1.165, 1.54) is 19.9 Å². The first kappa shape index (κ1) is 54.9. The van der Waals surface area contributed by atoms with Crippen LogP contribution in [0.25, 0.3) is 0 Å². The van der Waals surface area contributed by atoms with E-state index in [9.17, 15) is 44.4 Å². The molecule has 3 aliphatic carbocycles. The lowest BCUT2D eigenvalue weighted by atomic mass is 9.44. The fourth-order valence-corrected chi connectivity index (χ4v) is 10.3. The van der Waals surface area contributed by atoms with Gasteiger partial charge in [-0.15, -0.1) is 0 Å². The third-order valence-electron chi connectivity index (χ3n) is 13.9. The Morgan fingerprint density at radius 2 is 1.72 bits per heavy atom. The summed E-state index contributed by atoms with van der Waals surface area (Å²) in [5.74, 6) is -6.95. The zero-order valence-electron chi connectivity index (χ0n) is 41.1. The Labute approximate surface area is 402 Å². The monoisotopic (exact) mass is 970 g/mol. The zero-order chi connectivity index (χ0) is 51.4. The van der Waals surface area contributed by atoms with Gasteiger partial charge in [0.2, 0.25) is 12.0 Å². The highest BCUT2D eigenvalue weighted by Crippen LogP contribution is 2.64. The number of fused-ring (bicyclic) bond motifs is 5. The largest absolute Gasteiger partial charge is 0.455 e. The molecule has 69 heavy (non-hydrogen) atoms. The van der Waals surface area contributed by atoms with Gasteiger partial charge in [-0.3, -0.25) is 14.4 Å². The van der Waals surface area contributed by atoms with E-state index in [0.717, 1.165) is 6.92 Å². The lowest BCUT2D eigenvalue weighted by molar-refractivity contribution is -0.362. The van der Waals surface area contributed by atoms with Crippen LogP contribution < -0.4 is 10.6 Å². The van der Waals surface area contributed by atoms with E-state index in [2.05, 4.69) is 17.2 Å². The molecule has 1 aromatic rings. The first-order valence-electron chi connectivity index (χ1n) is 23.3. The maximum atomic E-state index is 15.2. The summed E-state index contributed by atoms with van der Waals surface area (Å²) in [4.78, 5) is 82.5. The molecule has 0 spiro atoms. The number of hydrogen-bond acceptors (Lipinski definition) is 17. The van der Waals surface area contributed by atoms with Gasteiger partial charge < -0.3 is 64.2 Å². The molecular weight excluding hydrogens is 901 g/mol. The molecule has 1 heterocycles. The molecule has 1 aromatic carbocycles. The molecule has 0 aromatic heterocycles. The second-order valence-corrected chi connectivity index (χ2v) is 20.1. The molecule has 6 N–H and O–H groups in total. The molecule has 4 aliphatic rings. The number of aliphatic hydroxyl groups excluding tert-OH is 3. The van der Waals surface area contributed by atoms with Gasteiger partial charge in [-0.25, -0.2) is 14.4 Å². The van der Waals surface area contributed by atoms with E-state index in [-0.39, 0.29) is 29.7 Å². The van der Waals surface area contributed by atoms with Crippen molar-refractivity contribution in [3.63, 3.8) is 0 Å². The summed E-state index contributed by atoms with van der Waals surface area (Å²) >= 11 is 0. The van der Waals surface area contributed by atoms with Crippen LogP contribution in [0.4, 0.5) is 4.79 Å². The Kier molecular flexibility index (Phi) is 17.1. The van der Waals surface area contributed by atoms with Gasteiger partial charge >= 0.3 is 24.0 Å². The van der Waals surface area contributed by atoms with Crippen LogP contribution >= 0.6 is 0 Å². The number of carbonyl (C=O) groups excluding carboxylic acids is 6. The fraction of sp³-hybridized carbons (Fsp3) is 0.640. The summed E-state index contributed by atoms with van der Waals surface area (Å²) in [5.41, 5.74) is -8.60.